The molecule has 1 saturated carbocycles. The number of hydrogen-bond donors (Lipinski definition) is 2. The van der Waals surface area contributed by atoms with Crippen LogP contribution < -0.4 is 10.6 Å². The Morgan fingerprint density at radius 2 is 2.05 bits per heavy atom. The Morgan fingerprint density at radius 3 is 2.90 bits per heavy atom. The smallest absolute Gasteiger partial charge is 0.224 e. The molecule has 2 fully saturated rings. The molecule has 1 amide bonds. The molecule has 0 bridgehead atoms. The highest BCUT2D eigenvalue weighted by Gasteiger charge is 2.61. The van der Waals surface area contributed by atoms with Gasteiger partial charge in [0, 0.05) is 17.4 Å². The molecule has 1 aromatic rings. The SMILES string of the molecule is O=C(NC1CCNCC1)C1CC12CCc1ccccc12. The van der Waals surface area contributed by atoms with Crippen molar-refractivity contribution in [2.45, 2.75) is 43.6 Å². The molecule has 2 atom stereocenters. The van der Waals surface area contributed by atoms with Crippen LogP contribution in [0.3, 0.4) is 0 Å². The summed E-state index contributed by atoms with van der Waals surface area (Å²) in [5, 5.41) is 6.63. The summed E-state index contributed by atoms with van der Waals surface area (Å²) in [6, 6.07) is 9.08. The molecule has 2 aliphatic carbocycles. The van der Waals surface area contributed by atoms with E-state index in [0.717, 1.165) is 45.2 Å². The maximum absolute atomic E-state index is 12.5. The Balaban J connectivity index is 1.46. The Bertz CT molecular complexity index is 536. The van der Waals surface area contributed by atoms with E-state index in [1.165, 1.54) is 11.1 Å². The first kappa shape index (κ1) is 12.4. The Hall–Kier alpha value is -1.35. The number of benzene rings is 1. The van der Waals surface area contributed by atoms with Crippen LogP contribution in [-0.4, -0.2) is 25.0 Å². The Morgan fingerprint density at radius 1 is 1.25 bits per heavy atom. The summed E-state index contributed by atoms with van der Waals surface area (Å²) in [5.74, 6) is 0.523. The maximum atomic E-state index is 12.5. The summed E-state index contributed by atoms with van der Waals surface area (Å²) in [6.07, 6.45) is 5.51. The topological polar surface area (TPSA) is 41.1 Å². The number of hydrogen-bond acceptors (Lipinski definition) is 2. The summed E-state index contributed by atoms with van der Waals surface area (Å²) >= 11 is 0. The third-order valence-corrected chi connectivity index (χ3v) is 5.47. The number of aryl methyl sites for hydroxylation is 1. The van der Waals surface area contributed by atoms with Crippen LogP contribution in [0.4, 0.5) is 0 Å². The molecule has 1 aromatic carbocycles. The van der Waals surface area contributed by atoms with Crippen LogP contribution >= 0.6 is 0 Å². The van der Waals surface area contributed by atoms with Gasteiger partial charge < -0.3 is 10.6 Å². The van der Waals surface area contributed by atoms with Crippen LogP contribution in [0.2, 0.25) is 0 Å². The molecular formula is C17H22N2O. The van der Waals surface area contributed by atoms with Gasteiger partial charge in [-0.2, -0.15) is 0 Å². The molecule has 4 rings (SSSR count). The van der Waals surface area contributed by atoms with Crippen molar-refractivity contribution in [2.75, 3.05) is 13.1 Å². The third-order valence-electron chi connectivity index (χ3n) is 5.47. The number of carbonyl (C=O) groups excluding carboxylic acids is 1. The lowest BCUT2D eigenvalue weighted by Gasteiger charge is -2.24. The second-order valence-electron chi connectivity index (χ2n) is 6.60. The monoisotopic (exact) mass is 270 g/mol. The second-order valence-corrected chi connectivity index (χ2v) is 6.60. The number of fused-ring (bicyclic) bond motifs is 2. The molecule has 1 spiro atoms. The van der Waals surface area contributed by atoms with Crippen molar-refractivity contribution in [3.63, 3.8) is 0 Å². The van der Waals surface area contributed by atoms with E-state index in [1.807, 2.05) is 0 Å². The molecule has 1 heterocycles. The van der Waals surface area contributed by atoms with Crippen LogP contribution in [-0.2, 0) is 16.6 Å². The molecule has 0 radical (unpaired) electrons. The Kier molecular flexibility index (Phi) is 2.84. The third kappa shape index (κ3) is 1.87. The molecule has 2 N–H and O–H groups in total. The van der Waals surface area contributed by atoms with Crippen molar-refractivity contribution < 1.29 is 4.79 Å². The molecule has 1 aliphatic heterocycles. The zero-order valence-corrected chi connectivity index (χ0v) is 11.8. The van der Waals surface area contributed by atoms with Gasteiger partial charge in [-0.15, -0.1) is 0 Å². The average molecular weight is 270 g/mol. The van der Waals surface area contributed by atoms with Gasteiger partial charge in [0.05, 0.1) is 0 Å². The molecule has 2 unspecified atom stereocenters. The van der Waals surface area contributed by atoms with E-state index in [2.05, 4.69) is 34.9 Å². The molecule has 3 nitrogen and oxygen atoms in total. The van der Waals surface area contributed by atoms with Gasteiger partial charge >= 0.3 is 0 Å². The lowest BCUT2D eigenvalue weighted by molar-refractivity contribution is -0.123. The minimum atomic E-state index is 0.188. The van der Waals surface area contributed by atoms with Crippen molar-refractivity contribution in [3.05, 3.63) is 35.4 Å². The van der Waals surface area contributed by atoms with Crippen molar-refractivity contribution in [1.29, 1.82) is 0 Å². The average Bonchev–Trinajstić information content (AvgIpc) is 3.11. The number of piperidine rings is 1. The largest absolute Gasteiger partial charge is 0.353 e. The first-order chi connectivity index (χ1) is 9.79. The first-order valence-electron chi connectivity index (χ1n) is 7.89. The van der Waals surface area contributed by atoms with Crippen molar-refractivity contribution in [3.8, 4) is 0 Å². The van der Waals surface area contributed by atoms with Crippen molar-refractivity contribution in [1.82, 2.24) is 10.6 Å². The van der Waals surface area contributed by atoms with Crippen LogP contribution in [0, 0.1) is 5.92 Å². The van der Waals surface area contributed by atoms with Gasteiger partial charge in [-0.3, -0.25) is 4.79 Å². The zero-order chi connectivity index (χ0) is 13.6. The van der Waals surface area contributed by atoms with E-state index >= 15 is 0 Å². The van der Waals surface area contributed by atoms with Crippen molar-refractivity contribution in [2.24, 2.45) is 5.92 Å². The van der Waals surface area contributed by atoms with Crippen LogP contribution in [0.25, 0.3) is 0 Å². The normalized spacial score (nSPS) is 32.1. The maximum Gasteiger partial charge on any atom is 0.224 e. The second kappa shape index (κ2) is 4.59. The molecular weight excluding hydrogens is 248 g/mol. The molecule has 106 valence electrons. The molecule has 20 heavy (non-hydrogen) atoms. The van der Waals surface area contributed by atoms with Gasteiger partial charge in [-0.25, -0.2) is 0 Å². The molecule has 1 saturated heterocycles. The lowest BCUT2D eigenvalue weighted by atomic mass is 9.95. The summed E-state index contributed by atoms with van der Waals surface area (Å²) in [7, 11) is 0. The summed E-state index contributed by atoms with van der Waals surface area (Å²) in [5.41, 5.74) is 3.10. The molecule has 3 aliphatic rings. The summed E-state index contributed by atoms with van der Waals surface area (Å²) in [4.78, 5) is 12.5. The predicted molar refractivity (Wildman–Crippen MR) is 78.6 cm³/mol. The minimum Gasteiger partial charge on any atom is -0.353 e. The fourth-order valence-corrected chi connectivity index (χ4v) is 4.21. The van der Waals surface area contributed by atoms with Gasteiger partial charge in [0.25, 0.3) is 0 Å². The van der Waals surface area contributed by atoms with Gasteiger partial charge in [0.2, 0.25) is 5.91 Å². The number of rotatable bonds is 2. The zero-order valence-electron chi connectivity index (χ0n) is 11.8. The minimum absolute atomic E-state index is 0.188. The first-order valence-corrected chi connectivity index (χ1v) is 7.89. The quantitative estimate of drug-likeness (QED) is 0.860. The van der Waals surface area contributed by atoms with Crippen LogP contribution in [0.5, 0.6) is 0 Å². The van der Waals surface area contributed by atoms with Gasteiger partial charge in [0.15, 0.2) is 0 Å². The highest BCUT2D eigenvalue weighted by Crippen LogP contribution is 2.61. The van der Waals surface area contributed by atoms with E-state index in [0.29, 0.717) is 11.9 Å². The van der Waals surface area contributed by atoms with Gasteiger partial charge in [-0.05, 0) is 56.3 Å². The molecule has 0 aromatic heterocycles. The van der Waals surface area contributed by atoms with Gasteiger partial charge in [0.1, 0.15) is 0 Å². The van der Waals surface area contributed by atoms with Gasteiger partial charge in [-0.1, -0.05) is 24.3 Å². The predicted octanol–water partition coefficient (Wildman–Crippen LogP) is 1.76. The fraction of sp³-hybridized carbons (Fsp3) is 0.588. The van der Waals surface area contributed by atoms with E-state index in [9.17, 15) is 4.79 Å². The number of nitrogens with one attached hydrogen (secondary N) is 2. The summed E-state index contributed by atoms with van der Waals surface area (Å²) < 4.78 is 0. The van der Waals surface area contributed by atoms with Crippen LogP contribution in [0.1, 0.15) is 36.8 Å². The van der Waals surface area contributed by atoms with E-state index in [1.54, 1.807) is 0 Å². The van der Waals surface area contributed by atoms with E-state index < -0.39 is 0 Å². The number of carbonyl (C=O) groups is 1. The fourth-order valence-electron chi connectivity index (χ4n) is 4.21. The molecule has 3 heteroatoms. The Labute approximate surface area is 120 Å². The number of amides is 1. The standard InChI is InChI=1S/C17H22N2O/c20-16(19-13-6-9-18-10-7-13)15-11-17(15)8-5-12-3-1-2-4-14(12)17/h1-4,13,15,18H,5-11H2,(H,19,20). The van der Waals surface area contributed by atoms with Crippen LogP contribution in [0.15, 0.2) is 24.3 Å². The van der Waals surface area contributed by atoms with Crippen molar-refractivity contribution >= 4 is 5.91 Å². The lowest BCUT2D eigenvalue weighted by Crippen LogP contribution is -2.43. The van der Waals surface area contributed by atoms with E-state index in [-0.39, 0.29) is 11.3 Å². The summed E-state index contributed by atoms with van der Waals surface area (Å²) in [6.45, 7) is 2.06. The highest BCUT2D eigenvalue weighted by atomic mass is 16.2. The van der Waals surface area contributed by atoms with E-state index in [4.69, 9.17) is 0 Å². The highest BCUT2D eigenvalue weighted by molar-refractivity contribution is 5.85.